The monoisotopic (exact) mass is 259 g/mol. The molecule has 2 heterocycles. The highest BCUT2D eigenvalue weighted by Crippen LogP contribution is 2.12. The molecule has 0 N–H and O–H groups in total. The zero-order valence-corrected chi connectivity index (χ0v) is 11.6. The second kappa shape index (κ2) is 10.8. The zero-order valence-electron chi connectivity index (χ0n) is 11.6. The number of likely N-dealkylation sites (N-methyl/N-ethyl adjacent to an activating group) is 2. The molecule has 1 atom stereocenters. The molecule has 0 amide bonds. The van der Waals surface area contributed by atoms with Gasteiger partial charge in [-0.15, -0.1) is 0 Å². The molecule has 2 saturated heterocycles. The van der Waals surface area contributed by atoms with Gasteiger partial charge in [-0.2, -0.15) is 0 Å². The fourth-order valence-electron chi connectivity index (χ4n) is 2.33. The van der Waals surface area contributed by atoms with E-state index in [9.17, 15) is 0 Å². The summed E-state index contributed by atoms with van der Waals surface area (Å²) in [6, 6.07) is 0. The maximum absolute atomic E-state index is 2.41. The van der Waals surface area contributed by atoms with E-state index in [0.717, 1.165) is 5.92 Å². The van der Waals surface area contributed by atoms with Crippen molar-refractivity contribution in [3.8, 4) is 0 Å². The van der Waals surface area contributed by atoms with Crippen molar-refractivity contribution in [2.75, 3.05) is 60.4 Å². The molecule has 3 heteroatoms. The molecule has 0 aromatic heterocycles. The summed E-state index contributed by atoms with van der Waals surface area (Å²) in [4.78, 5) is 7.13. The summed E-state index contributed by atoms with van der Waals surface area (Å²) in [7, 11) is 6.55. The number of piperidine rings is 1. The Morgan fingerprint density at radius 3 is 1.44 bits per heavy atom. The largest absolute Gasteiger partial charge is 0.306 e. The first kappa shape index (κ1) is 20.2. The Kier molecular flexibility index (Phi) is 12.1. The molecule has 1 unspecified atom stereocenters. The lowest BCUT2D eigenvalue weighted by Gasteiger charge is -2.28. The van der Waals surface area contributed by atoms with Crippen LogP contribution in [0.1, 0.15) is 34.6 Å². The zero-order chi connectivity index (χ0) is 12.0. The summed E-state index contributed by atoms with van der Waals surface area (Å²) in [6.07, 6.45) is 2.84. The first-order valence-corrected chi connectivity index (χ1v) is 6.63. The van der Waals surface area contributed by atoms with Gasteiger partial charge in [0.25, 0.3) is 0 Å². The van der Waals surface area contributed by atoms with Crippen LogP contribution >= 0.6 is 0 Å². The van der Waals surface area contributed by atoms with Crippen LogP contribution in [0.5, 0.6) is 0 Å². The maximum atomic E-state index is 2.41. The van der Waals surface area contributed by atoms with E-state index in [1.807, 2.05) is 0 Å². The molecule has 3 nitrogen and oxygen atoms in total. The molecular weight excluding hydrogens is 222 g/mol. The topological polar surface area (TPSA) is 9.72 Å². The molecular formula is C15H37N3. The van der Waals surface area contributed by atoms with E-state index in [4.69, 9.17) is 0 Å². The fraction of sp³-hybridized carbons (Fsp3) is 1.00. The molecule has 0 saturated carbocycles. The first-order chi connectivity index (χ1) is 7.58. The Morgan fingerprint density at radius 1 is 0.722 bits per heavy atom. The smallest absolute Gasteiger partial charge is 0.0107 e. The third-order valence-corrected chi connectivity index (χ3v) is 3.59. The number of hydrogen-bond acceptors (Lipinski definition) is 3. The van der Waals surface area contributed by atoms with Gasteiger partial charge in [-0.05, 0) is 46.4 Å². The normalized spacial score (nSPS) is 26.3. The maximum Gasteiger partial charge on any atom is 0.0107 e. The minimum atomic E-state index is 0. The third-order valence-electron chi connectivity index (χ3n) is 3.59. The lowest BCUT2D eigenvalue weighted by atomic mass is 10.0. The second-order valence-electron chi connectivity index (χ2n) is 5.62. The van der Waals surface area contributed by atoms with E-state index in [1.165, 1.54) is 52.1 Å². The van der Waals surface area contributed by atoms with Crippen molar-refractivity contribution in [1.82, 2.24) is 14.7 Å². The highest BCUT2D eigenvalue weighted by atomic mass is 15.2. The summed E-state index contributed by atoms with van der Waals surface area (Å²) in [5, 5.41) is 0. The van der Waals surface area contributed by atoms with E-state index < -0.39 is 0 Å². The van der Waals surface area contributed by atoms with Crippen molar-refractivity contribution >= 4 is 0 Å². The van der Waals surface area contributed by atoms with Gasteiger partial charge in [0.1, 0.15) is 0 Å². The quantitative estimate of drug-likeness (QED) is 0.662. The second-order valence-corrected chi connectivity index (χ2v) is 5.62. The molecule has 2 fully saturated rings. The van der Waals surface area contributed by atoms with Crippen LogP contribution in [0.4, 0.5) is 0 Å². The molecule has 18 heavy (non-hydrogen) atoms. The van der Waals surface area contributed by atoms with E-state index in [-0.39, 0.29) is 14.9 Å². The molecule has 0 aromatic carbocycles. The Bertz CT molecular complexity index is 159. The van der Waals surface area contributed by atoms with Crippen LogP contribution in [-0.4, -0.2) is 75.1 Å². The fourth-order valence-corrected chi connectivity index (χ4v) is 2.33. The highest BCUT2D eigenvalue weighted by Gasteiger charge is 2.11. The summed E-state index contributed by atoms with van der Waals surface area (Å²) in [5.74, 6) is 0.939. The Hall–Kier alpha value is -0.120. The van der Waals surface area contributed by atoms with Crippen molar-refractivity contribution in [2.45, 2.75) is 34.6 Å². The average molecular weight is 259 g/mol. The summed E-state index contributed by atoms with van der Waals surface area (Å²) >= 11 is 0. The minimum Gasteiger partial charge on any atom is -0.306 e. The molecule has 0 aromatic rings. The lowest BCUT2D eigenvalue weighted by Crippen LogP contribution is -2.42. The third kappa shape index (κ3) is 8.90. The molecule has 2 aliphatic rings. The van der Waals surface area contributed by atoms with E-state index in [0.29, 0.717) is 0 Å². The van der Waals surface area contributed by atoms with Gasteiger partial charge < -0.3 is 14.7 Å². The van der Waals surface area contributed by atoms with Gasteiger partial charge in [0, 0.05) is 32.7 Å². The van der Waals surface area contributed by atoms with Gasteiger partial charge in [-0.3, -0.25) is 0 Å². The van der Waals surface area contributed by atoms with Crippen LogP contribution in [0.3, 0.4) is 0 Å². The molecule has 0 radical (unpaired) electrons. The number of rotatable bonds is 0. The average Bonchev–Trinajstić information content (AvgIpc) is 2.23. The number of nitrogens with zero attached hydrogens (tertiary/aromatic N) is 3. The molecule has 0 bridgehead atoms. The number of likely N-dealkylation sites (tertiary alicyclic amines) is 1. The van der Waals surface area contributed by atoms with Crippen molar-refractivity contribution in [2.24, 2.45) is 5.92 Å². The van der Waals surface area contributed by atoms with Gasteiger partial charge in [-0.1, -0.05) is 21.8 Å². The Labute approximate surface area is 116 Å². The van der Waals surface area contributed by atoms with Crippen molar-refractivity contribution in [3.05, 3.63) is 0 Å². The van der Waals surface area contributed by atoms with Gasteiger partial charge in [0.15, 0.2) is 0 Å². The van der Waals surface area contributed by atoms with Crippen LogP contribution in [0, 0.1) is 5.92 Å². The Morgan fingerprint density at radius 2 is 1.17 bits per heavy atom. The predicted molar refractivity (Wildman–Crippen MR) is 84.4 cm³/mol. The SMILES string of the molecule is C.C.CC1CCCN(C)C1.CN1CCN(C)CC1. The summed E-state index contributed by atoms with van der Waals surface area (Å²) < 4.78 is 0. The molecule has 0 aliphatic carbocycles. The van der Waals surface area contributed by atoms with Crippen LogP contribution in [-0.2, 0) is 0 Å². The van der Waals surface area contributed by atoms with Crippen molar-refractivity contribution in [1.29, 1.82) is 0 Å². The highest BCUT2D eigenvalue weighted by molar-refractivity contribution is 4.65. The van der Waals surface area contributed by atoms with Gasteiger partial charge >= 0.3 is 0 Å². The standard InChI is InChI=1S/C7H15N.C6H14N2.2CH4/c1-7-4-3-5-8(2)6-7;1-7-3-5-8(2)6-4-7;;/h7H,3-6H2,1-2H3;3-6H2,1-2H3;2*1H4. The number of hydrogen-bond donors (Lipinski definition) is 0. The van der Waals surface area contributed by atoms with Crippen molar-refractivity contribution < 1.29 is 0 Å². The van der Waals surface area contributed by atoms with E-state index >= 15 is 0 Å². The van der Waals surface area contributed by atoms with E-state index in [2.05, 4.69) is 42.8 Å². The molecule has 2 rings (SSSR count). The lowest BCUT2D eigenvalue weighted by molar-refractivity contribution is 0.181. The van der Waals surface area contributed by atoms with E-state index in [1.54, 1.807) is 0 Å². The molecule has 112 valence electrons. The predicted octanol–water partition coefficient (Wildman–Crippen LogP) is 2.48. The number of piperazine rings is 1. The van der Waals surface area contributed by atoms with Crippen LogP contribution < -0.4 is 0 Å². The summed E-state index contributed by atoms with van der Waals surface area (Å²) in [6.45, 7) is 9.88. The molecule has 2 aliphatic heterocycles. The van der Waals surface area contributed by atoms with Crippen LogP contribution in [0.2, 0.25) is 0 Å². The van der Waals surface area contributed by atoms with Gasteiger partial charge in [-0.25, -0.2) is 0 Å². The van der Waals surface area contributed by atoms with Crippen molar-refractivity contribution in [3.63, 3.8) is 0 Å². The minimum absolute atomic E-state index is 0. The van der Waals surface area contributed by atoms with Gasteiger partial charge in [0.05, 0.1) is 0 Å². The molecule has 0 spiro atoms. The van der Waals surface area contributed by atoms with Gasteiger partial charge in [0.2, 0.25) is 0 Å². The first-order valence-electron chi connectivity index (χ1n) is 6.63. The Balaban J connectivity index is 0. The van der Waals surface area contributed by atoms with Crippen LogP contribution in [0.15, 0.2) is 0 Å². The van der Waals surface area contributed by atoms with Crippen LogP contribution in [0.25, 0.3) is 0 Å². The summed E-state index contributed by atoms with van der Waals surface area (Å²) in [5.41, 5.74) is 0.